The molecule has 5 aliphatic heterocycles. The third-order valence-corrected chi connectivity index (χ3v) is 14.2. The van der Waals surface area contributed by atoms with Gasteiger partial charge in [0.05, 0.1) is 5.69 Å². The minimum Gasteiger partial charge on any atom is -0.480 e. The number of imidazole rings is 1. The van der Waals surface area contributed by atoms with Crippen molar-refractivity contribution in [3.05, 3.63) is 47.5 Å². The van der Waals surface area contributed by atoms with Gasteiger partial charge in [-0.15, -0.1) is 0 Å². The van der Waals surface area contributed by atoms with E-state index in [0.29, 0.717) is 34.3 Å². The number of benzene rings is 1. The van der Waals surface area contributed by atoms with Gasteiger partial charge in [0.2, 0.25) is 47.3 Å². The van der Waals surface area contributed by atoms with Crippen LogP contribution < -0.4 is 48.7 Å². The van der Waals surface area contributed by atoms with Gasteiger partial charge in [0, 0.05) is 60.9 Å². The second-order valence-corrected chi connectivity index (χ2v) is 20.9. The summed E-state index contributed by atoms with van der Waals surface area (Å²) in [4.78, 5) is 140. The van der Waals surface area contributed by atoms with Crippen LogP contribution in [0, 0.1) is 17.8 Å². The van der Waals surface area contributed by atoms with Gasteiger partial charge in [-0.1, -0.05) is 53.7 Å². The molecule has 5 aliphatic rings. The number of amides is 8. The molecular formula is C50H70N14O10. The molecule has 8 rings (SSSR count). The zero-order valence-corrected chi connectivity index (χ0v) is 42.7. The number of aliphatic imine (C=N–C) groups is 1. The largest absolute Gasteiger partial charge is 0.480 e. The highest BCUT2D eigenvalue weighted by Gasteiger charge is 2.43. The Balaban J connectivity index is 1.41. The zero-order chi connectivity index (χ0) is 53.7. The highest BCUT2D eigenvalue weighted by Crippen LogP contribution is 2.35. The average molecular weight is 1030 g/mol. The molecule has 0 spiro atoms. The molecule has 8 amide bonds. The molecule has 24 heteroatoms. The first-order valence-corrected chi connectivity index (χ1v) is 25.5. The molecule has 2 fully saturated rings. The summed E-state index contributed by atoms with van der Waals surface area (Å²) in [6.45, 7) is 11.2. The van der Waals surface area contributed by atoms with Crippen molar-refractivity contribution >= 4 is 70.1 Å². The fourth-order valence-electron chi connectivity index (χ4n) is 10.5. The van der Waals surface area contributed by atoms with Crippen molar-refractivity contribution in [3.8, 4) is 5.82 Å². The van der Waals surface area contributed by atoms with E-state index >= 15 is 4.79 Å². The van der Waals surface area contributed by atoms with Crippen LogP contribution in [0.4, 0.5) is 0 Å². The van der Waals surface area contributed by atoms with Crippen molar-refractivity contribution < 1.29 is 48.3 Å². The number of hydrogen-bond donors (Lipinski definition) is 11. The van der Waals surface area contributed by atoms with Gasteiger partial charge < -0.3 is 63.7 Å². The Morgan fingerprint density at radius 1 is 0.838 bits per heavy atom. The first kappa shape index (κ1) is 54.2. The Labute approximate surface area is 428 Å². The van der Waals surface area contributed by atoms with Crippen LogP contribution in [0.5, 0.6) is 0 Å². The predicted octanol–water partition coefficient (Wildman–Crippen LogP) is -0.776. The molecule has 24 nitrogen and oxygen atoms in total. The number of carbonyl (C=O) groups excluding carboxylic acids is 8. The van der Waals surface area contributed by atoms with Crippen LogP contribution in [0.1, 0.15) is 109 Å². The van der Waals surface area contributed by atoms with Crippen molar-refractivity contribution in [3.63, 3.8) is 0 Å². The standard InChI is InChI=1S/C50H70N14O10/c1-23(2)17-33-44(68)61-39(25(5)6)46(70)59-34-20-29-28-12-11-26(38(24(3)4)40(47(71)58-33)62-43(67)31-13-14-37(65)55-31)18-32(28)56-41(29)63-21-27(54-22-63)19-35(49(73)74)60-42(66)30(9-7-15-53-50(51)52)57-45(69)36-10-8-16-64(36)48(34)72/h11-12,18,21-25,30-31,33-36,38-40,56H,7-10,13-17,19-20H2,1-6H3,(H,55,65)(H,57,69)(H,58,71)(H,59,70)(H,60,66)(H,61,68)(H,62,67)(H,73,74)(H4,51,52,53)/t30-,31-,33-,34-,35-,36-,38+,39-,40-/m0/s1. The third kappa shape index (κ3) is 12.4. The zero-order valence-electron chi connectivity index (χ0n) is 42.7. The van der Waals surface area contributed by atoms with E-state index in [1.165, 1.54) is 11.2 Å². The first-order valence-electron chi connectivity index (χ1n) is 25.5. The van der Waals surface area contributed by atoms with Crippen LogP contribution in [0.25, 0.3) is 16.7 Å². The number of nitrogens with one attached hydrogen (secondary N) is 8. The minimum atomic E-state index is -1.49. The number of rotatable bonds is 11. The highest BCUT2D eigenvalue weighted by atomic mass is 16.4. The smallest absolute Gasteiger partial charge is 0.326 e. The Hall–Kier alpha value is -7.53. The molecule has 2 aromatic heterocycles. The van der Waals surface area contributed by atoms with Crippen molar-refractivity contribution in [2.45, 2.75) is 154 Å². The van der Waals surface area contributed by atoms with Crippen LogP contribution in [0.3, 0.4) is 0 Å². The topological polar surface area (TPSA) is 359 Å². The lowest BCUT2D eigenvalue weighted by atomic mass is 9.81. The number of guanidine groups is 1. The number of nitrogens with two attached hydrogens (primary N) is 2. The summed E-state index contributed by atoms with van der Waals surface area (Å²) in [5.74, 6) is -7.88. The van der Waals surface area contributed by atoms with Crippen molar-refractivity contribution in [2.24, 2.45) is 34.2 Å². The number of carbonyl (C=O) groups is 9. The van der Waals surface area contributed by atoms with Gasteiger partial charge in [0.25, 0.3) is 0 Å². The second kappa shape index (κ2) is 23.1. The normalized spacial score (nSPS) is 26.3. The van der Waals surface area contributed by atoms with Crippen LogP contribution >= 0.6 is 0 Å². The second-order valence-electron chi connectivity index (χ2n) is 20.9. The Bertz CT molecular complexity index is 2690. The lowest BCUT2D eigenvalue weighted by molar-refractivity contribution is -0.143. The van der Waals surface area contributed by atoms with Crippen LogP contribution in [-0.4, -0.2) is 145 Å². The number of nitrogens with zero attached hydrogens (tertiary/aromatic N) is 4. The van der Waals surface area contributed by atoms with E-state index in [9.17, 15) is 43.5 Å². The number of carboxylic acids is 1. The molecule has 13 N–H and O–H groups in total. The number of hydrogen-bond acceptors (Lipinski definition) is 11. The Morgan fingerprint density at radius 2 is 1.57 bits per heavy atom. The molecule has 7 bridgehead atoms. The molecule has 9 atom stereocenters. The Morgan fingerprint density at radius 3 is 2.23 bits per heavy atom. The number of carboxylic acid groups (broad SMARTS) is 1. The quantitative estimate of drug-likeness (QED) is 0.0487. The van der Waals surface area contributed by atoms with Crippen molar-refractivity contribution in [1.29, 1.82) is 0 Å². The summed E-state index contributed by atoms with van der Waals surface area (Å²) in [5, 5.41) is 30.6. The number of fused-ring (bicyclic) bond motifs is 14. The lowest BCUT2D eigenvalue weighted by Gasteiger charge is -2.33. The molecule has 7 heterocycles. The summed E-state index contributed by atoms with van der Waals surface area (Å²) in [6, 6.07) is -4.35. The van der Waals surface area contributed by atoms with E-state index in [1.807, 2.05) is 45.9 Å². The van der Waals surface area contributed by atoms with E-state index in [2.05, 4.69) is 52.2 Å². The van der Waals surface area contributed by atoms with Crippen molar-refractivity contribution in [2.75, 3.05) is 13.1 Å². The van der Waals surface area contributed by atoms with Gasteiger partial charge in [0.15, 0.2) is 5.96 Å². The summed E-state index contributed by atoms with van der Waals surface area (Å²) in [6.07, 6.45) is 3.94. The van der Waals surface area contributed by atoms with Crippen molar-refractivity contribution in [1.82, 2.24) is 56.7 Å². The van der Waals surface area contributed by atoms with Gasteiger partial charge in [-0.3, -0.25) is 47.9 Å². The van der Waals surface area contributed by atoms with Gasteiger partial charge in [0.1, 0.15) is 60.5 Å². The van der Waals surface area contributed by atoms with Gasteiger partial charge in [-0.25, -0.2) is 9.78 Å². The third-order valence-electron chi connectivity index (χ3n) is 14.2. The summed E-state index contributed by atoms with van der Waals surface area (Å²) >= 11 is 0. The highest BCUT2D eigenvalue weighted by molar-refractivity contribution is 6.00. The summed E-state index contributed by atoms with van der Waals surface area (Å²) in [5.41, 5.74) is 12.9. The number of aliphatic carboxylic acids is 1. The monoisotopic (exact) mass is 1030 g/mol. The molecule has 0 aliphatic carbocycles. The summed E-state index contributed by atoms with van der Waals surface area (Å²) in [7, 11) is 0. The fraction of sp³-hybridized carbons (Fsp3) is 0.580. The predicted molar refractivity (Wildman–Crippen MR) is 270 cm³/mol. The molecule has 400 valence electrons. The number of H-pyrrole nitrogens is 1. The maximum atomic E-state index is 15.3. The van der Waals surface area contributed by atoms with Gasteiger partial charge >= 0.3 is 5.97 Å². The minimum absolute atomic E-state index is 0.00936. The van der Waals surface area contributed by atoms with Crippen LogP contribution in [0.15, 0.2) is 35.7 Å². The Kier molecular flexibility index (Phi) is 17.0. The molecule has 3 aromatic rings. The molecule has 1 aromatic carbocycles. The number of aromatic amines is 1. The van der Waals surface area contributed by atoms with E-state index in [4.69, 9.17) is 11.5 Å². The van der Waals surface area contributed by atoms with E-state index in [-0.39, 0.29) is 93.9 Å². The molecule has 0 unspecified atom stereocenters. The SMILES string of the molecule is CC(C)C[C@@H]1NC(=O)[C@@H](NC(=O)[C@@H]2CCC(=O)N2)[C@H](C(C)C)c2ccc3c4c([nH]c3c2)-n2cnc(c2)C[C@@H](C(=O)O)NC(=O)[C@H](CCCN=C(N)N)NC(=O)[C@@H]2CCCN2C(=O)[C@H](C4)NC(=O)[C@H](C(C)C)NC1=O. The van der Waals surface area contributed by atoms with Gasteiger partial charge in [-0.05, 0) is 67.9 Å². The van der Waals surface area contributed by atoms with E-state index in [1.54, 1.807) is 24.6 Å². The van der Waals surface area contributed by atoms with Crippen LogP contribution in [0.2, 0.25) is 0 Å². The fourth-order valence-corrected chi connectivity index (χ4v) is 10.5. The maximum absolute atomic E-state index is 15.3. The number of aromatic nitrogens is 3. The first-order chi connectivity index (χ1) is 35.1. The molecular weight excluding hydrogens is 957 g/mol. The van der Waals surface area contributed by atoms with Gasteiger partial charge in [-0.2, -0.15) is 0 Å². The molecule has 2 saturated heterocycles. The van der Waals surface area contributed by atoms with Crippen LogP contribution in [-0.2, 0) is 56.0 Å². The molecule has 0 saturated carbocycles. The van der Waals surface area contributed by atoms with E-state index in [0.717, 1.165) is 0 Å². The molecule has 0 radical (unpaired) electrons. The summed E-state index contributed by atoms with van der Waals surface area (Å²) < 4.78 is 1.61. The lowest BCUT2D eigenvalue weighted by Crippen LogP contribution is -2.61. The maximum Gasteiger partial charge on any atom is 0.326 e. The van der Waals surface area contributed by atoms with E-state index < -0.39 is 107 Å². The molecule has 74 heavy (non-hydrogen) atoms. The average Bonchev–Trinajstić information content (AvgIpc) is 4.17.